The standard InChI is InChI=1S/C10H20O3/c1-6-9(11)13-10(7(2)3)12-8(4)5/h7-8,10H,6H2,1-5H3. The van der Waals surface area contributed by atoms with Crippen molar-refractivity contribution in [2.24, 2.45) is 5.92 Å². The zero-order valence-corrected chi connectivity index (χ0v) is 9.16. The molecule has 1 unspecified atom stereocenters. The molecule has 0 rings (SSSR count). The van der Waals surface area contributed by atoms with Crippen LogP contribution in [-0.2, 0) is 14.3 Å². The van der Waals surface area contributed by atoms with Crippen molar-refractivity contribution < 1.29 is 14.3 Å². The fraction of sp³-hybridized carbons (Fsp3) is 0.900. The summed E-state index contributed by atoms with van der Waals surface area (Å²) >= 11 is 0. The Balaban J connectivity index is 4.02. The third-order valence-corrected chi connectivity index (χ3v) is 1.49. The van der Waals surface area contributed by atoms with E-state index in [0.29, 0.717) is 6.42 Å². The smallest absolute Gasteiger partial charge is 0.307 e. The second-order valence-corrected chi connectivity index (χ2v) is 3.64. The van der Waals surface area contributed by atoms with E-state index < -0.39 is 6.29 Å². The number of rotatable bonds is 5. The maximum absolute atomic E-state index is 11.0. The molecule has 0 aliphatic rings. The normalized spacial score (nSPS) is 13.5. The highest BCUT2D eigenvalue weighted by atomic mass is 16.7. The first kappa shape index (κ1) is 12.4. The van der Waals surface area contributed by atoms with Crippen molar-refractivity contribution in [2.45, 2.75) is 53.4 Å². The van der Waals surface area contributed by atoms with Gasteiger partial charge < -0.3 is 9.47 Å². The van der Waals surface area contributed by atoms with E-state index in [2.05, 4.69) is 0 Å². The summed E-state index contributed by atoms with van der Waals surface area (Å²) in [6, 6.07) is 0. The largest absolute Gasteiger partial charge is 0.435 e. The first-order valence-electron chi connectivity index (χ1n) is 4.82. The number of hydrogen-bond acceptors (Lipinski definition) is 3. The molecule has 0 aliphatic carbocycles. The van der Waals surface area contributed by atoms with Gasteiger partial charge in [0.15, 0.2) is 0 Å². The van der Waals surface area contributed by atoms with Gasteiger partial charge in [-0.25, -0.2) is 0 Å². The molecule has 3 heteroatoms. The lowest BCUT2D eigenvalue weighted by Gasteiger charge is -2.23. The molecule has 0 amide bonds. The second-order valence-electron chi connectivity index (χ2n) is 3.64. The van der Waals surface area contributed by atoms with Gasteiger partial charge in [-0.3, -0.25) is 4.79 Å². The zero-order valence-electron chi connectivity index (χ0n) is 9.16. The van der Waals surface area contributed by atoms with E-state index in [1.165, 1.54) is 0 Å². The summed E-state index contributed by atoms with van der Waals surface area (Å²) in [6.07, 6.45) is 0.0644. The van der Waals surface area contributed by atoms with Crippen LogP contribution in [0.2, 0.25) is 0 Å². The lowest BCUT2D eigenvalue weighted by atomic mass is 10.2. The van der Waals surface area contributed by atoms with E-state index >= 15 is 0 Å². The van der Waals surface area contributed by atoms with E-state index in [1.807, 2.05) is 27.7 Å². The molecule has 13 heavy (non-hydrogen) atoms. The molecular weight excluding hydrogens is 168 g/mol. The summed E-state index contributed by atoms with van der Waals surface area (Å²) in [4.78, 5) is 11.0. The van der Waals surface area contributed by atoms with E-state index in [0.717, 1.165) is 0 Å². The minimum absolute atomic E-state index is 0.0806. The Morgan fingerprint density at radius 1 is 1.23 bits per heavy atom. The molecular formula is C10H20O3. The highest BCUT2D eigenvalue weighted by Crippen LogP contribution is 2.11. The van der Waals surface area contributed by atoms with E-state index in [4.69, 9.17) is 9.47 Å². The van der Waals surface area contributed by atoms with Crippen LogP contribution in [0.4, 0.5) is 0 Å². The van der Waals surface area contributed by atoms with Gasteiger partial charge in [0.25, 0.3) is 0 Å². The summed E-state index contributed by atoms with van der Waals surface area (Å²) in [7, 11) is 0. The van der Waals surface area contributed by atoms with Gasteiger partial charge >= 0.3 is 5.97 Å². The fourth-order valence-corrected chi connectivity index (χ4v) is 0.802. The highest BCUT2D eigenvalue weighted by Gasteiger charge is 2.18. The SMILES string of the molecule is CCC(=O)OC(OC(C)C)C(C)C. The summed E-state index contributed by atoms with van der Waals surface area (Å²) in [5.41, 5.74) is 0. The fourth-order valence-electron chi connectivity index (χ4n) is 0.802. The molecule has 0 aromatic heterocycles. The van der Waals surface area contributed by atoms with Crippen LogP contribution in [0.15, 0.2) is 0 Å². The van der Waals surface area contributed by atoms with Crippen LogP contribution < -0.4 is 0 Å². The van der Waals surface area contributed by atoms with Crippen molar-refractivity contribution in [1.29, 1.82) is 0 Å². The van der Waals surface area contributed by atoms with Crippen molar-refractivity contribution in [3.8, 4) is 0 Å². The van der Waals surface area contributed by atoms with Gasteiger partial charge in [0.1, 0.15) is 0 Å². The van der Waals surface area contributed by atoms with Crippen LogP contribution in [0, 0.1) is 5.92 Å². The molecule has 0 aromatic carbocycles. The molecule has 3 nitrogen and oxygen atoms in total. The van der Waals surface area contributed by atoms with Crippen molar-refractivity contribution in [3.05, 3.63) is 0 Å². The molecule has 0 spiro atoms. The van der Waals surface area contributed by atoms with Crippen LogP contribution in [0.25, 0.3) is 0 Å². The quantitative estimate of drug-likeness (QED) is 0.490. The van der Waals surface area contributed by atoms with E-state index in [9.17, 15) is 4.79 Å². The van der Waals surface area contributed by atoms with E-state index in [-0.39, 0.29) is 18.0 Å². The number of carbonyl (C=O) groups excluding carboxylic acids is 1. The predicted molar refractivity (Wildman–Crippen MR) is 51.2 cm³/mol. The van der Waals surface area contributed by atoms with Crippen molar-refractivity contribution in [3.63, 3.8) is 0 Å². The van der Waals surface area contributed by atoms with Crippen molar-refractivity contribution >= 4 is 5.97 Å². The first-order valence-corrected chi connectivity index (χ1v) is 4.82. The van der Waals surface area contributed by atoms with Crippen LogP contribution in [0.5, 0.6) is 0 Å². The third-order valence-electron chi connectivity index (χ3n) is 1.49. The molecule has 0 heterocycles. The van der Waals surface area contributed by atoms with Gasteiger partial charge in [-0.1, -0.05) is 20.8 Å². The maximum atomic E-state index is 11.0. The lowest BCUT2D eigenvalue weighted by molar-refractivity contribution is -0.197. The zero-order chi connectivity index (χ0) is 10.4. The summed E-state index contributed by atoms with van der Waals surface area (Å²) in [5, 5.41) is 0. The number of ether oxygens (including phenoxy) is 2. The molecule has 78 valence electrons. The Kier molecular flexibility index (Phi) is 5.71. The predicted octanol–water partition coefficient (Wildman–Crippen LogP) is 2.35. The van der Waals surface area contributed by atoms with Gasteiger partial charge in [-0.15, -0.1) is 0 Å². The molecule has 0 bridgehead atoms. The molecule has 0 saturated carbocycles. The minimum atomic E-state index is -0.410. The topological polar surface area (TPSA) is 35.5 Å². The molecule has 0 aromatic rings. The third kappa shape index (κ3) is 5.64. The highest BCUT2D eigenvalue weighted by molar-refractivity contribution is 5.68. The Labute approximate surface area is 80.4 Å². The molecule has 0 aliphatic heterocycles. The Morgan fingerprint density at radius 2 is 1.77 bits per heavy atom. The number of esters is 1. The molecule has 0 saturated heterocycles. The second kappa shape index (κ2) is 5.97. The Morgan fingerprint density at radius 3 is 2.08 bits per heavy atom. The first-order chi connectivity index (χ1) is 5.97. The number of hydrogen-bond donors (Lipinski definition) is 0. The van der Waals surface area contributed by atoms with Gasteiger partial charge in [-0.2, -0.15) is 0 Å². The maximum Gasteiger partial charge on any atom is 0.307 e. The minimum Gasteiger partial charge on any atom is -0.435 e. The van der Waals surface area contributed by atoms with Gasteiger partial charge in [-0.05, 0) is 13.8 Å². The lowest BCUT2D eigenvalue weighted by Crippen LogP contribution is -2.29. The van der Waals surface area contributed by atoms with Crippen LogP contribution in [-0.4, -0.2) is 18.4 Å². The van der Waals surface area contributed by atoms with E-state index in [1.54, 1.807) is 6.92 Å². The van der Waals surface area contributed by atoms with Gasteiger partial charge in [0.05, 0.1) is 6.10 Å². The van der Waals surface area contributed by atoms with Crippen LogP contribution in [0.3, 0.4) is 0 Å². The summed E-state index contributed by atoms with van der Waals surface area (Å²) in [5.74, 6) is -0.0164. The summed E-state index contributed by atoms with van der Waals surface area (Å²) < 4.78 is 10.6. The van der Waals surface area contributed by atoms with Gasteiger partial charge in [0.2, 0.25) is 6.29 Å². The van der Waals surface area contributed by atoms with Crippen LogP contribution in [0.1, 0.15) is 41.0 Å². The van der Waals surface area contributed by atoms with Gasteiger partial charge in [0, 0.05) is 12.3 Å². The Hall–Kier alpha value is -0.570. The van der Waals surface area contributed by atoms with Crippen molar-refractivity contribution in [1.82, 2.24) is 0 Å². The average molecular weight is 188 g/mol. The number of carbonyl (C=O) groups is 1. The van der Waals surface area contributed by atoms with Crippen molar-refractivity contribution in [2.75, 3.05) is 0 Å². The Bertz CT molecular complexity index is 152. The monoisotopic (exact) mass is 188 g/mol. The van der Waals surface area contributed by atoms with Crippen LogP contribution >= 0.6 is 0 Å². The molecule has 0 fully saturated rings. The average Bonchev–Trinajstić information content (AvgIpc) is 2.02. The molecule has 0 radical (unpaired) electrons. The summed E-state index contributed by atoms with van der Waals surface area (Å²) in [6.45, 7) is 9.56. The molecule has 0 N–H and O–H groups in total. The molecule has 1 atom stereocenters.